The average Bonchev–Trinajstić information content (AvgIpc) is 3.31. The zero-order valence-electron chi connectivity index (χ0n) is 19.4. The van der Waals surface area contributed by atoms with Crippen LogP contribution >= 0.6 is 0 Å². The number of nitrogens with one attached hydrogen (secondary N) is 2. The smallest absolute Gasteiger partial charge is 0.261 e. The van der Waals surface area contributed by atoms with Gasteiger partial charge in [-0.1, -0.05) is 43.9 Å². The standard InChI is InChI=1S/C26H33N3O3S/c1-3-29-25-14-13-23(17-21(25)12-15-26(29)30)33(31,32)28-24-11-7-6-10-22(24)18-27-19(2)16-20-8-4-5-9-20/h6-7,10-15,17,19-20,27-28H,3-5,8-9,16,18H2,1-2H3/t19-/m0/s1. The Hall–Kier alpha value is -2.64. The maximum absolute atomic E-state index is 13.2. The van der Waals surface area contributed by atoms with Crippen molar-refractivity contribution >= 4 is 26.6 Å². The first-order valence-electron chi connectivity index (χ1n) is 11.8. The minimum Gasteiger partial charge on any atom is -0.310 e. The summed E-state index contributed by atoms with van der Waals surface area (Å²) in [6.45, 7) is 5.23. The van der Waals surface area contributed by atoms with Crippen LogP contribution in [0, 0.1) is 5.92 Å². The summed E-state index contributed by atoms with van der Waals surface area (Å²) >= 11 is 0. The van der Waals surface area contributed by atoms with Gasteiger partial charge in [-0.3, -0.25) is 9.52 Å². The van der Waals surface area contributed by atoms with Crippen LogP contribution in [0.5, 0.6) is 0 Å². The van der Waals surface area contributed by atoms with E-state index in [2.05, 4.69) is 17.0 Å². The highest BCUT2D eigenvalue weighted by molar-refractivity contribution is 7.92. The molecule has 1 aromatic heterocycles. The number of nitrogens with zero attached hydrogens (tertiary/aromatic N) is 1. The Bertz CT molecular complexity index is 1280. The van der Waals surface area contributed by atoms with Crippen LogP contribution in [0.15, 0.2) is 64.3 Å². The Labute approximate surface area is 196 Å². The molecule has 1 fully saturated rings. The van der Waals surface area contributed by atoms with Gasteiger partial charge in [0.25, 0.3) is 15.6 Å². The van der Waals surface area contributed by atoms with Gasteiger partial charge in [-0.15, -0.1) is 0 Å². The number of sulfonamides is 1. The van der Waals surface area contributed by atoms with E-state index >= 15 is 0 Å². The molecule has 7 heteroatoms. The van der Waals surface area contributed by atoms with E-state index < -0.39 is 10.0 Å². The Kier molecular flexibility index (Phi) is 7.20. The van der Waals surface area contributed by atoms with Crippen LogP contribution in [-0.4, -0.2) is 19.0 Å². The van der Waals surface area contributed by atoms with E-state index in [0.29, 0.717) is 24.8 Å². The molecule has 0 unspecified atom stereocenters. The van der Waals surface area contributed by atoms with Crippen molar-refractivity contribution in [2.75, 3.05) is 4.72 Å². The van der Waals surface area contributed by atoms with Crippen molar-refractivity contribution in [3.63, 3.8) is 0 Å². The number of pyridine rings is 1. The van der Waals surface area contributed by atoms with Crippen molar-refractivity contribution < 1.29 is 8.42 Å². The fraction of sp³-hybridized carbons (Fsp3) is 0.423. The Morgan fingerprint density at radius 1 is 1.06 bits per heavy atom. The minimum absolute atomic E-state index is 0.0951. The molecular formula is C26H33N3O3S. The Morgan fingerprint density at radius 3 is 2.58 bits per heavy atom. The molecule has 0 spiro atoms. The maximum atomic E-state index is 13.2. The first-order chi connectivity index (χ1) is 15.9. The lowest BCUT2D eigenvalue weighted by molar-refractivity contribution is 0.404. The number of rotatable bonds is 9. The van der Waals surface area contributed by atoms with Crippen molar-refractivity contribution in [1.82, 2.24) is 9.88 Å². The fourth-order valence-corrected chi connectivity index (χ4v) is 6.00. The summed E-state index contributed by atoms with van der Waals surface area (Å²) in [4.78, 5) is 12.2. The van der Waals surface area contributed by atoms with Crippen LogP contribution < -0.4 is 15.6 Å². The summed E-state index contributed by atoms with van der Waals surface area (Å²) in [7, 11) is -3.78. The Morgan fingerprint density at radius 2 is 1.82 bits per heavy atom. The topological polar surface area (TPSA) is 80.2 Å². The van der Waals surface area contributed by atoms with Crippen molar-refractivity contribution in [3.05, 3.63) is 70.5 Å². The molecule has 1 aliphatic carbocycles. The molecule has 4 rings (SSSR count). The van der Waals surface area contributed by atoms with Gasteiger partial charge in [-0.05, 0) is 67.5 Å². The Balaban J connectivity index is 1.51. The number of aromatic nitrogens is 1. The van der Waals surface area contributed by atoms with E-state index in [1.807, 2.05) is 25.1 Å². The second-order valence-electron chi connectivity index (χ2n) is 9.07. The molecule has 176 valence electrons. The first kappa shape index (κ1) is 23.5. The summed E-state index contributed by atoms with van der Waals surface area (Å²) < 4.78 is 30.8. The van der Waals surface area contributed by atoms with Gasteiger partial charge < -0.3 is 9.88 Å². The zero-order chi connectivity index (χ0) is 23.4. The van der Waals surface area contributed by atoms with E-state index in [1.54, 1.807) is 34.9 Å². The summed E-state index contributed by atoms with van der Waals surface area (Å²) in [5.74, 6) is 0.804. The highest BCUT2D eigenvalue weighted by atomic mass is 32.2. The third-order valence-electron chi connectivity index (χ3n) is 6.65. The number of hydrogen-bond acceptors (Lipinski definition) is 4. The molecule has 1 atom stereocenters. The zero-order valence-corrected chi connectivity index (χ0v) is 20.2. The molecule has 1 heterocycles. The molecule has 6 nitrogen and oxygen atoms in total. The van der Waals surface area contributed by atoms with Crippen molar-refractivity contribution in [2.24, 2.45) is 5.92 Å². The molecular weight excluding hydrogens is 434 g/mol. The van der Waals surface area contributed by atoms with Gasteiger partial charge in [0.05, 0.1) is 16.1 Å². The number of para-hydroxylation sites is 1. The van der Waals surface area contributed by atoms with Gasteiger partial charge in [0.2, 0.25) is 0 Å². The van der Waals surface area contributed by atoms with Crippen molar-refractivity contribution in [2.45, 2.75) is 70.0 Å². The molecule has 1 aliphatic rings. The third kappa shape index (κ3) is 5.47. The van der Waals surface area contributed by atoms with Gasteiger partial charge in [0, 0.05) is 25.2 Å². The second kappa shape index (κ2) is 10.1. The average molecular weight is 468 g/mol. The normalized spacial score (nSPS) is 15.7. The maximum Gasteiger partial charge on any atom is 0.261 e. The molecule has 0 saturated heterocycles. The molecule has 0 bridgehead atoms. The van der Waals surface area contributed by atoms with E-state index in [9.17, 15) is 13.2 Å². The quantitative estimate of drug-likeness (QED) is 0.470. The van der Waals surface area contributed by atoms with E-state index in [-0.39, 0.29) is 10.5 Å². The lowest BCUT2D eigenvalue weighted by atomic mass is 9.99. The molecule has 1 saturated carbocycles. The van der Waals surface area contributed by atoms with Crippen LogP contribution in [0.25, 0.3) is 10.9 Å². The summed E-state index contributed by atoms with van der Waals surface area (Å²) in [6.07, 6.45) is 6.49. The number of benzene rings is 2. The third-order valence-corrected chi connectivity index (χ3v) is 8.02. The number of anilines is 1. The largest absolute Gasteiger partial charge is 0.310 e. The lowest BCUT2D eigenvalue weighted by Crippen LogP contribution is -2.28. The van der Waals surface area contributed by atoms with E-state index in [1.165, 1.54) is 31.7 Å². The highest BCUT2D eigenvalue weighted by Crippen LogP contribution is 2.29. The van der Waals surface area contributed by atoms with Crippen molar-refractivity contribution in [3.8, 4) is 0 Å². The van der Waals surface area contributed by atoms with Gasteiger partial charge in [0.15, 0.2) is 0 Å². The van der Waals surface area contributed by atoms with Crippen LogP contribution in [0.1, 0.15) is 51.5 Å². The first-order valence-corrected chi connectivity index (χ1v) is 13.3. The number of aryl methyl sites for hydroxylation is 1. The van der Waals surface area contributed by atoms with Crippen LogP contribution in [0.2, 0.25) is 0 Å². The van der Waals surface area contributed by atoms with Gasteiger partial charge in [-0.25, -0.2) is 8.42 Å². The predicted octanol–water partition coefficient (Wildman–Crippen LogP) is 4.88. The van der Waals surface area contributed by atoms with Gasteiger partial charge >= 0.3 is 0 Å². The van der Waals surface area contributed by atoms with E-state index in [0.717, 1.165) is 28.8 Å². The summed E-state index contributed by atoms with van der Waals surface area (Å²) in [5, 5.41) is 4.28. The van der Waals surface area contributed by atoms with Crippen LogP contribution in [0.3, 0.4) is 0 Å². The molecule has 33 heavy (non-hydrogen) atoms. The molecule has 0 radical (unpaired) electrons. The molecule has 0 aliphatic heterocycles. The van der Waals surface area contributed by atoms with Crippen LogP contribution in [-0.2, 0) is 23.1 Å². The van der Waals surface area contributed by atoms with Gasteiger partial charge in [-0.2, -0.15) is 0 Å². The molecule has 0 amide bonds. The van der Waals surface area contributed by atoms with Crippen LogP contribution in [0.4, 0.5) is 5.69 Å². The highest BCUT2D eigenvalue weighted by Gasteiger charge is 2.19. The van der Waals surface area contributed by atoms with Gasteiger partial charge in [0.1, 0.15) is 0 Å². The van der Waals surface area contributed by atoms with Crippen molar-refractivity contribution in [1.29, 1.82) is 0 Å². The minimum atomic E-state index is -3.78. The predicted molar refractivity (Wildman–Crippen MR) is 134 cm³/mol. The van der Waals surface area contributed by atoms with E-state index in [4.69, 9.17) is 0 Å². The molecule has 2 N–H and O–H groups in total. The lowest BCUT2D eigenvalue weighted by Gasteiger charge is -2.19. The molecule has 3 aromatic rings. The number of hydrogen-bond donors (Lipinski definition) is 2. The molecule has 2 aromatic carbocycles. The summed E-state index contributed by atoms with van der Waals surface area (Å²) in [6, 6.07) is 15.9. The summed E-state index contributed by atoms with van der Waals surface area (Å²) in [5.41, 5.74) is 2.13. The monoisotopic (exact) mass is 467 g/mol. The SMILES string of the molecule is CCn1c(=O)ccc2cc(S(=O)(=O)Nc3ccccc3CN[C@@H](C)CC3CCCC3)ccc21. The number of fused-ring (bicyclic) bond motifs is 1. The fourth-order valence-electron chi connectivity index (χ4n) is 4.87. The second-order valence-corrected chi connectivity index (χ2v) is 10.7.